The van der Waals surface area contributed by atoms with Gasteiger partial charge in [-0.05, 0) is 26.7 Å². The Bertz CT molecular complexity index is 686. The third kappa shape index (κ3) is 4.16. The van der Waals surface area contributed by atoms with E-state index < -0.39 is 10.0 Å². The van der Waals surface area contributed by atoms with E-state index >= 15 is 0 Å². The van der Waals surface area contributed by atoms with E-state index in [0.717, 1.165) is 25.7 Å². The Morgan fingerprint density at radius 3 is 2.33 bits per heavy atom. The van der Waals surface area contributed by atoms with Gasteiger partial charge in [-0.3, -0.25) is 9.48 Å². The molecule has 0 atom stereocenters. The van der Waals surface area contributed by atoms with Crippen molar-refractivity contribution in [2.75, 3.05) is 14.1 Å². The largest absolute Gasteiger partial charge is 0.352 e. The lowest BCUT2D eigenvalue weighted by molar-refractivity contribution is -0.122. The molecular weight excluding hydrogens is 328 g/mol. The van der Waals surface area contributed by atoms with Crippen LogP contribution in [0, 0.1) is 13.8 Å². The number of carbonyl (C=O) groups is 1. The minimum Gasteiger partial charge on any atom is -0.352 e. The summed E-state index contributed by atoms with van der Waals surface area (Å²) in [7, 11) is -0.586. The lowest BCUT2D eigenvalue weighted by atomic mass is 10.1. The van der Waals surface area contributed by atoms with Crippen molar-refractivity contribution < 1.29 is 13.2 Å². The highest BCUT2D eigenvalue weighted by Gasteiger charge is 2.27. The summed E-state index contributed by atoms with van der Waals surface area (Å²) in [4.78, 5) is 12.5. The van der Waals surface area contributed by atoms with Crippen LogP contribution >= 0.6 is 0 Å². The first-order chi connectivity index (χ1) is 11.2. The minimum absolute atomic E-state index is 0.0477. The number of nitrogens with zero attached hydrogens (tertiary/aromatic N) is 3. The molecule has 2 rings (SSSR count). The predicted molar refractivity (Wildman–Crippen MR) is 92.2 cm³/mol. The van der Waals surface area contributed by atoms with Gasteiger partial charge in [0.25, 0.3) is 0 Å². The first-order valence-electron chi connectivity index (χ1n) is 8.49. The Labute approximate surface area is 144 Å². The summed E-state index contributed by atoms with van der Waals surface area (Å²) >= 11 is 0. The van der Waals surface area contributed by atoms with Gasteiger partial charge >= 0.3 is 0 Å². The van der Waals surface area contributed by atoms with Crippen molar-refractivity contribution in [1.29, 1.82) is 0 Å². The maximum Gasteiger partial charge on any atom is 0.246 e. The van der Waals surface area contributed by atoms with Gasteiger partial charge in [0.1, 0.15) is 11.4 Å². The Balaban J connectivity index is 2.12. The van der Waals surface area contributed by atoms with Crippen LogP contribution in [0.15, 0.2) is 4.90 Å². The van der Waals surface area contributed by atoms with Gasteiger partial charge in [-0.25, -0.2) is 12.7 Å². The van der Waals surface area contributed by atoms with Crippen LogP contribution in [0.1, 0.15) is 49.9 Å². The molecule has 1 fully saturated rings. The molecule has 1 aromatic rings. The topological polar surface area (TPSA) is 84.3 Å². The first kappa shape index (κ1) is 18.9. The fourth-order valence-corrected chi connectivity index (χ4v) is 4.48. The van der Waals surface area contributed by atoms with Gasteiger partial charge in [0.2, 0.25) is 15.9 Å². The van der Waals surface area contributed by atoms with Crippen molar-refractivity contribution in [3.63, 3.8) is 0 Å². The first-order valence-corrected chi connectivity index (χ1v) is 9.93. The molecule has 1 aliphatic carbocycles. The van der Waals surface area contributed by atoms with Crippen LogP contribution in [0.4, 0.5) is 0 Å². The van der Waals surface area contributed by atoms with Crippen LogP contribution in [0.5, 0.6) is 0 Å². The van der Waals surface area contributed by atoms with Gasteiger partial charge in [0, 0.05) is 20.1 Å². The summed E-state index contributed by atoms with van der Waals surface area (Å²) in [6.45, 7) is 3.39. The summed E-state index contributed by atoms with van der Waals surface area (Å²) in [5.74, 6) is -0.110. The van der Waals surface area contributed by atoms with Gasteiger partial charge < -0.3 is 5.32 Å². The standard InChI is InChI=1S/C16H28N4O3S/c1-12-16(24(22,23)19(3)4)13(2)20(18-12)11-15(21)17-14-9-7-5-6-8-10-14/h14H,5-11H2,1-4H3,(H,17,21). The lowest BCUT2D eigenvalue weighted by Gasteiger charge is -2.16. The molecule has 0 saturated heterocycles. The number of aryl methyl sites for hydroxylation is 1. The highest BCUT2D eigenvalue weighted by molar-refractivity contribution is 7.89. The highest BCUT2D eigenvalue weighted by Crippen LogP contribution is 2.22. The molecule has 0 spiro atoms. The molecule has 0 aromatic carbocycles. The number of aromatic nitrogens is 2. The summed E-state index contributed by atoms with van der Waals surface area (Å²) in [6.07, 6.45) is 6.80. The molecule has 0 radical (unpaired) electrons. The predicted octanol–water partition coefficient (Wildman–Crippen LogP) is 1.59. The van der Waals surface area contributed by atoms with Crippen molar-refractivity contribution in [2.24, 2.45) is 0 Å². The SMILES string of the molecule is Cc1nn(CC(=O)NC2CCCCCC2)c(C)c1S(=O)(=O)N(C)C. The number of carbonyl (C=O) groups excluding carboxylic acids is 1. The Hall–Kier alpha value is -1.41. The maximum atomic E-state index is 12.4. The number of rotatable bonds is 5. The molecule has 1 saturated carbocycles. The molecule has 1 N–H and O–H groups in total. The fourth-order valence-electron chi connectivity index (χ4n) is 3.22. The van der Waals surface area contributed by atoms with E-state index in [1.165, 1.54) is 35.9 Å². The molecule has 0 unspecified atom stereocenters. The molecule has 0 bridgehead atoms. The van der Waals surface area contributed by atoms with Gasteiger partial charge in [0.05, 0.1) is 11.4 Å². The number of sulfonamides is 1. The van der Waals surface area contributed by atoms with E-state index in [1.54, 1.807) is 13.8 Å². The molecule has 1 amide bonds. The normalized spacial score (nSPS) is 17.0. The Morgan fingerprint density at radius 1 is 1.21 bits per heavy atom. The second-order valence-electron chi connectivity index (χ2n) is 6.70. The number of amides is 1. The summed E-state index contributed by atoms with van der Waals surface area (Å²) in [6, 6.07) is 0.224. The van der Waals surface area contributed by atoms with Crippen LogP contribution < -0.4 is 5.32 Å². The van der Waals surface area contributed by atoms with Crippen molar-refractivity contribution in [2.45, 2.75) is 69.9 Å². The van der Waals surface area contributed by atoms with Crippen molar-refractivity contribution in [3.05, 3.63) is 11.4 Å². The maximum absolute atomic E-state index is 12.4. The Morgan fingerprint density at radius 2 is 1.79 bits per heavy atom. The van der Waals surface area contributed by atoms with Gasteiger partial charge in [-0.2, -0.15) is 5.10 Å². The van der Waals surface area contributed by atoms with Crippen LogP contribution in [0.3, 0.4) is 0 Å². The van der Waals surface area contributed by atoms with E-state index in [-0.39, 0.29) is 23.4 Å². The summed E-state index contributed by atoms with van der Waals surface area (Å²) in [5.41, 5.74) is 0.917. The van der Waals surface area contributed by atoms with Crippen LogP contribution in [0.2, 0.25) is 0 Å². The number of hydrogen-bond donors (Lipinski definition) is 1. The van der Waals surface area contributed by atoms with E-state index in [9.17, 15) is 13.2 Å². The van der Waals surface area contributed by atoms with E-state index in [0.29, 0.717) is 11.4 Å². The summed E-state index contributed by atoms with van der Waals surface area (Å²) < 4.78 is 27.5. The molecule has 136 valence electrons. The molecule has 1 aliphatic rings. The van der Waals surface area contributed by atoms with Crippen molar-refractivity contribution >= 4 is 15.9 Å². The molecular formula is C16H28N4O3S. The zero-order valence-electron chi connectivity index (χ0n) is 15.0. The second kappa shape index (κ2) is 7.65. The molecule has 0 aliphatic heterocycles. The molecule has 7 nitrogen and oxygen atoms in total. The number of nitrogens with one attached hydrogen (secondary N) is 1. The molecule has 24 heavy (non-hydrogen) atoms. The van der Waals surface area contributed by atoms with E-state index in [4.69, 9.17) is 0 Å². The average molecular weight is 356 g/mol. The molecule has 1 aromatic heterocycles. The monoisotopic (exact) mass is 356 g/mol. The lowest BCUT2D eigenvalue weighted by Crippen LogP contribution is -2.37. The molecule has 1 heterocycles. The van der Waals surface area contributed by atoms with Gasteiger partial charge in [-0.15, -0.1) is 0 Å². The number of hydrogen-bond acceptors (Lipinski definition) is 4. The fraction of sp³-hybridized carbons (Fsp3) is 0.750. The van der Waals surface area contributed by atoms with Gasteiger partial charge in [-0.1, -0.05) is 25.7 Å². The third-order valence-corrected chi connectivity index (χ3v) is 6.64. The second-order valence-corrected chi connectivity index (χ2v) is 8.79. The van der Waals surface area contributed by atoms with Crippen LogP contribution in [-0.2, 0) is 21.4 Å². The zero-order chi connectivity index (χ0) is 17.9. The smallest absolute Gasteiger partial charge is 0.246 e. The van der Waals surface area contributed by atoms with Crippen molar-refractivity contribution in [3.8, 4) is 0 Å². The van der Waals surface area contributed by atoms with E-state index in [1.807, 2.05) is 0 Å². The quantitative estimate of drug-likeness (QED) is 0.812. The van der Waals surface area contributed by atoms with Crippen molar-refractivity contribution in [1.82, 2.24) is 19.4 Å². The third-order valence-electron chi connectivity index (χ3n) is 4.57. The summed E-state index contributed by atoms with van der Waals surface area (Å²) in [5, 5.41) is 7.33. The van der Waals surface area contributed by atoms with Crippen LogP contribution in [-0.4, -0.2) is 48.5 Å². The zero-order valence-corrected chi connectivity index (χ0v) is 15.8. The minimum atomic E-state index is -3.57. The highest BCUT2D eigenvalue weighted by atomic mass is 32.2. The average Bonchev–Trinajstić information content (AvgIpc) is 2.67. The molecule has 8 heteroatoms. The Kier molecular flexibility index (Phi) is 6.03. The van der Waals surface area contributed by atoms with E-state index in [2.05, 4.69) is 10.4 Å². The van der Waals surface area contributed by atoms with Gasteiger partial charge in [0.15, 0.2) is 0 Å². The van der Waals surface area contributed by atoms with Crippen LogP contribution in [0.25, 0.3) is 0 Å².